The summed E-state index contributed by atoms with van der Waals surface area (Å²) in [6.45, 7) is 3.00. The van der Waals surface area contributed by atoms with Crippen molar-refractivity contribution in [2.45, 2.75) is 38.0 Å². The van der Waals surface area contributed by atoms with E-state index in [1.807, 2.05) is 55.5 Å². The van der Waals surface area contributed by atoms with Crippen molar-refractivity contribution in [2.75, 3.05) is 13.7 Å². The summed E-state index contributed by atoms with van der Waals surface area (Å²) >= 11 is 1.12. The lowest BCUT2D eigenvalue weighted by molar-refractivity contribution is -0.126. The van der Waals surface area contributed by atoms with Gasteiger partial charge in [-0.1, -0.05) is 61.5 Å². The van der Waals surface area contributed by atoms with Gasteiger partial charge in [0, 0.05) is 6.54 Å². The fourth-order valence-electron chi connectivity index (χ4n) is 3.05. The second kappa shape index (κ2) is 9.64. The summed E-state index contributed by atoms with van der Waals surface area (Å²) in [5.74, 6) is 1.19. The average Bonchev–Trinajstić information content (AvgIpc) is 2.98. The Bertz CT molecular complexity index is 825. The maximum Gasteiger partial charge on any atom is 0.289 e. The lowest BCUT2D eigenvalue weighted by Crippen LogP contribution is -2.33. The Kier molecular flexibility index (Phi) is 6.98. The van der Waals surface area contributed by atoms with E-state index in [-0.39, 0.29) is 16.4 Å². The van der Waals surface area contributed by atoms with Gasteiger partial charge >= 0.3 is 0 Å². The van der Waals surface area contributed by atoms with Crippen LogP contribution in [-0.2, 0) is 17.8 Å². The minimum atomic E-state index is -0.370. The lowest BCUT2D eigenvalue weighted by Gasteiger charge is -2.14. The summed E-state index contributed by atoms with van der Waals surface area (Å²) in [6, 6.07) is 15.6. The van der Waals surface area contributed by atoms with Crippen LogP contribution in [0.1, 0.15) is 30.9 Å². The zero-order chi connectivity index (χ0) is 19.9. The number of carbonyl (C=O) groups is 2. The summed E-state index contributed by atoms with van der Waals surface area (Å²) in [5.41, 5.74) is 2.02. The van der Waals surface area contributed by atoms with Crippen LogP contribution in [0.25, 0.3) is 0 Å². The zero-order valence-corrected chi connectivity index (χ0v) is 17.0. The van der Waals surface area contributed by atoms with Gasteiger partial charge in [-0.15, -0.1) is 0 Å². The molecule has 0 spiro atoms. The monoisotopic (exact) mass is 399 g/mol. The van der Waals surface area contributed by atoms with Gasteiger partial charge in [-0.05, 0) is 36.1 Å². The second-order valence-corrected chi connectivity index (χ2v) is 7.83. The molecule has 2 amide bonds. The molecule has 1 fully saturated rings. The van der Waals surface area contributed by atoms with E-state index in [1.165, 1.54) is 4.90 Å². The van der Waals surface area contributed by atoms with Crippen LogP contribution in [0.3, 0.4) is 0 Å². The lowest BCUT2D eigenvalue weighted by atomic mass is 10.1. The maximum absolute atomic E-state index is 12.5. The van der Waals surface area contributed by atoms with Crippen LogP contribution in [0.2, 0.25) is 0 Å². The quantitative estimate of drug-likeness (QED) is 0.613. The first-order valence-electron chi connectivity index (χ1n) is 9.48. The fraction of sp³-hybridized carbons (Fsp3) is 0.364. The molecule has 1 saturated heterocycles. The van der Waals surface area contributed by atoms with Gasteiger partial charge in [0.2, 0.25) is 5.91 Å². The molecule has 148 valence electrons. The van der Waals surface area contributed by atoms with E-state index in [4.69, 9.17) is 9.47 Å². The number of methoxy groups -OCH3 is 1. The van der Waals surface area contributed by atoms with Crippen LogP contribution in [0.4, 0.5) is 4.79 Å². The summed E-state index contributed by atoms with van der Waals surface area (Å²) in [5, 5.41) is -0.511. The molecule has 3 rings (SSSR count). The Labute approximate surface area is 170 Å². The van der Waals surface area contributed by atoms with Crippen molar-refractivity contribution in [3.63, 3.8) is 0 Å². The molecule has 1 aliphatic heterocycles. The normalized spacial score (nSPS) is 16.5. The Balaban J connectivity index is 1.65. The van der Waals surface area contributed by atoms with E-state index in [0.717, 1.165) is 35.7 Å². The minimum Gasteiger partial charge on any atom is -0.493 e. The molecule has 0 radical (unpaired) electrons. The topological polar surface area (TPSA) is 55.8 Å². The molecule has 28 heavy (non-hydrogen) atoms. The van der Waals surface area contributed by atoms with Gasteiger partial charge in [0.25, 0.3) is 5.24 Å². The molecular weight excluding hydrogens is 374 g/mol. The third kappa shape index (κ3) is 4.87. The van der Waals surface area contributed by atoms with Gasteiger partial charge < -0.3 is 9.47 Å². The van der Waals surface area contributed by atoms with E-state index in [0.29, 0.717) is 31.1 Å². The Morgan fingerprint density at radius 1 is 1.04 bits per heavy atom. The van der Waals surface area contributed by atoms with E-state index >= 15 is 0 Å². The highest BCUT2D eigenvalue weighted by Gasteiger charge is 2.39. The number of benzene rings is 2. The maximum atomic E-state index is 12.5. The molecule has 5 nitrogen and oxygen atoms in total. The number of amides is 2. The van der Waals surface area contributed by atoms with Crippen molar-refractivity contribution >= 4 is 22.9 Å². The molecule has 1 aliphatic rings. The first-order valence-corrected chi connectivity index (χ1v) is 10.4. The predicted molar refractivity (Wildman–Crippen MR) is 111 cm³/mol. The van der Waals surface area contributed by atoms with E-state index in [1.54, 1.807) is 7.11 Å². The Morgan fingerprint density at radius 3 is 2.54 bits per heavy atom. The minimum absolute atomic E-state index is 0.0909. The number of hydrogen-bond acceptors (Lipinski definition) is 5. The van der Waals surface area contributed by atoms with Crippen LogP contribution in [0.5, 0.6) is 11.5 Å². The Morgan fingerprint density at radius 2 is 1.82 bits per heavy atom. The van der Waals surface area contributed by atoms with Crippen molar-refractivity contribution in [2.24, 2.45) is 0 Å². The molecule has 0 aliphatic carbocycles. The number of unbranched alkanes of at least 4 members (excludes halogenated alkanes) is 1. The Hall–Kier alpha value is -2.47. The largest absolute Gasteiger partial charge is 0.493 e. The number of carbonyl (C=O) groups excluding carboxylic acids is 2. The van der Waals surface area contributed by atoms with E-state index in [2.05, 4.69) is 0 Å². The molecule has 2 aromatic rings. The number of thioether (sulfide) groups is 1. The van der Waals surface area contributed by atoms with Gasteiger partial charge in [-0.25, -0.2) is 0 Å². The van der Waals surface area contributed by atoms with Crippen LogP contribution in [-0.4, -0.2) is 35.0 Å². The van der Waals surface area contributed by atoms with E-state index < -0.39 is 0 Å². The molecule has 0 unspecified atom stereocenters. The predicted octanol–water partition coefficient (Wildman–Crippen LogP) is 4.68. The van der Waals surface area contributed by atoms with Crippen molar-refractivity contribution in [3.05, 3.63) is 59.7 Å². The number of hydrogen-bond donors (Lipinski definition) is 0. The van der Waals surface area contributed by atoms with Crippen molar-refractivity contribution in [1.82, 2.24) is 4.90 Å². The van der Waals surface area contributed by atoms with Crippen LogP contribution in [0, 0.1) is 0 Å². The van der Waals surface area contributed by atoms with E-state index in [9.17, 15) is 9.59 Å². The molecule has 0 N–H and O–H groups in total. The number of ether oxygens (including phenoxy) is 2. The van der Waals surface area contributed by atoms with Crippen molar-refractivity contribution in [3.8, 4) is 11.5 Å². The molecule has 2 aromatic carbocycles. The van der Waals surface area contributed by atoms with Gasteiger partial charge in [0.15, 0.2) is 11.5 Å². The molecule has 0 bridgehead atoms. The highest BCUT2D eigenvalue weighted by atomic mass is 32.2. The first-order chi connectivity index (χ1) is 13.6. The number of imide groups is 1. The van der Waals surface area contributed by atoms with Crippen LogP contribution in [0.15, 0.2) is 48.5 Å². The van der Waals surface area contributed by atoms with Gasteiger partial charge in [0.1, 0.15) is 6.61 Å². The third-order valence-corrected chi connectivity index (χ3v) is 5.70. The smallest absolute Gasteiger partial charge is 0.289 e. The molecule has 6 heteroatoms. The number of rotatable bonds is 9. The van der Waals surface area contributed by atoms with Crippen LogP contribution >= 0.6 is 11.8 Å². The fourth-order valence-corrected chi connectivity index (χ4v) is 4.11. The summed E-state index contributed by atoms with van der Waals surface area (Å²) in [4.78, 5) is 26.0. The first kappa shape index (κ1) is 20.3. The summed E-state index contributed by atoms with van der Waals surface area (Å²) in [6.07, 6.45) is 2.28. The molecule has 0 aromatic heterocycles. The zero-order valence-electron chi connectivity index (χ0n) is 16.2. The van der Waals surface area contributed by atoms with Crippen LogP contribution < -0.4 is 9.47 Å². The second-order valence-electron chi connectivity index (χ2n) is 6.68. The van der Waals surface area contributed by atoms with Gasteiger partial charge in [0.05, 0.1) is 12.4 Å². The third-order valence-electron chi connectivity index (χ3n) is 4.63. The summed E-state index contributed by atoms with van der Waals surface area (Å²) in [7, 11) is 1.60. The van der Waals surface area contributed by atoms with Crippen molar-refractivity contribution < 1.29 is 19.1 Å². The SMILES string of the molecule is CCCCN1C(=O)S[C@@H](Cc2ccc(OCc3ccccc3)c(OC)c2)C1=O. The highest BCUT2D eigenvalue weighted by molar-refractivity contribution is 8.15. The number of nitrogens with zero attached hydrogens (tertiary/aromatic N) is 1. The van der Waals surface area contributed by atoms with Gasteiger partial charge in [-0.3, -0.25) is 14.5 Å². The highest BCUT2D eigenvalue weighted by Crippen LogP contribution is 2.33. The molecule has 0 saturated carbocycles. The molecular formula is C22H25NO4S. The van der Waals surface area contributed by atoms with Gasteiger partial charge in [-0.2, -0.15) is 0 Å². The summed E-state index contributed by atoms with van der Waals surface area (Å²) < 4.78 is 11.3. The molecule has 1 atom stereocenters. The molecule has 1 heterocycles. The average molecular weight is 400 g/mol. The van der Waals surface area contributed by atoms with Crippen molar-refractivity contribution in [1.29, 1.82) is 0 Å². The standard InChI is InChI=1S/C22H25NO4S/c1-3-4-12-23-21(24)20(28-22(23)25)14-17-10-11-18(19(13-17)26-2)27-15-16-8-6-5-7-9-16/h5-11,13,20H,3-4,12,14-15H2,1-2H3/t20-/m0/s1.